The first-order valence-electron chi connectivity index (χ1n) is 11.7. The molecule has 0 aromatic heterocycles. The van der Waals surface area contributed by atoms with Crippen molar-refractivity contribution in [3.05, 3.63) is 118 Å². The summed E-state index contributed by atoms with van der Waals surface area (Å²) in [7, 11) is 0. The summed E-state index contributed by atoms with van der Waals surface area (Å²) in [5, 5.41) is 24.8. The molecule has 0 aliphatic heterocycles. The van der Waals surface area contributed by atoms with Crippen LogP contribution >= 0.6 is 0 Å². The number of amides is 2. The number of carbonyl (C=O) groups excluding carboxylic acids is 2. The minimum absolute atomic E-state index is 0.101. The number of carbonyl (C=O) groups is 4. The highest BCUT2D eigenvalue weighted by Crippen LogP contribution is 2.27. The summed E-state index contributed by atoms with van der Waals surface area (Å²) in [5.41, 5.74) is 1.76. The Kier molecular flexibility index (Phi) is 7.75. The summed E-state index contributed by atoms with van der Waals surface area (Å²) >= 11 is 0. The van der Waals surface area contributed by atoms with Crippen molar-refractivity contribution < 1.29 is 29.4 Å². The number of rotatable bonds is 7. The van der Waals surface area contributed by atoms with Gasteiger partial charge in [0.15, 0.2) is 0 Å². The van der Waals surface area contributed by atoms with Crippen LogP contribution in [0.3, 0.4) is 0 Å². The maximum atomic E-state index is 13.1. The molecule has 0 aliphatic carbocycles. The van der Waals surface area contributed by atoms with Crippen LogP contribution in [0.1, 0.15) is 52.6 Å². The molecule has 8 heteroatoms. The van der Waals surface area contributed by atoms with E-state index in [0.29, 0.717) is 33.6 Å². The van der Waals surface area contributed by atoms with Crippen molar-refractivity contribution in [3.63, 3.8) is 0 Å². The summed E-state index contributed by atoms with van der Waals surface area (Å²) in [6.07, 6.45) is 10.8. The van der Waals surface area contributed by atoms with Crippen molar-refractivity contribution >= 4 is 35.1 Å². The molecule has 4 aromatic carbocycles. The molecule has 40 heavy (non-hydrogen) atoms. The molecule has 4 rings (SSSR count). The molecule has 0 radical (unpaired) electrons. The quantitative estimate of drug-likeness (QED) is 0.243. The smallest absolute Gasteiger partial charge is 0.336 e. The average Bonchev–Trinajstić information content (AvgIpc) is 2.96. The van der Waals surface area contributed by atoms with Gasteiger partial charge in [0.1, 0.15) is 0 Å². The lowest BCUT2D eigenvalue weighted by Crippen LogP contribution is -2.17. The average molecular weight is 529 g/mol. The van der Waals surface area contributed by atoms with Crippen LogP contribution in [0.2, 0.25) is 0 Å². The van der Waals surface area contributed by atoms with E-state index < -0.39 is 23.8 Å². The number of nitrogens with one attached hydrogen (secondary N) is 2. The number of anilines is 2. The molecule has 194 valence electrons. The third kappa shape index (κ3) is 5.88. The molecular formula is C32H20N2O6. The first kappa shape index (κ1) is 26.9. The van der Waals surface area contributed by atoms with Crippen molar-refractivity contribution in [2.45, 2.75) is 0 Å². The van der Waals surface area contributed by atoms with Gasteiger partial charge in [-0.1, -0.05) is 36.1 Å². The number of carboxylic acids is 2. The number of benzene rings is 4. The van der Waals surface area contributed by atoms with E-state index in [1.54, 1.807) is 48.5 Å². The van der Waals surface area contributed by atoms with Crippen molar-refractivity contribution in [2.24, 2.45) is 0 Å². The van der Waals surface area contributed by atoms with Crippen molar-refractivity contribution in [2.75, 3.05) is 10.6 Å². The molecule has 0 bridgehead atoms. The zero-order valence-electron chi connectivity index (χ0n) is 20.8. The molecule has 0 heterocycles. The molecule has 8 nitrogen and oxygen atoms in total. The summed E-state index contributed by atoms with van der Waals surface area (Å²) in [6.45, 7) is 0. The Labute approximate surface area is 229 Å². The zero-order chi connectivity index (χ0) is 28.8. The predicted octanol–water partition coefficient (Wildman–Crippen LogP) is 5.22. The fourth-order valence-electron chi connectivity index (χ4n) is 3.97. The van der Waals surface area contributed by atoms with Gasteiger partial charge >= 0.3 is 11.9 Å². The van der Waals surface area contributed by atoms with E-state index in [1.807, 2.05) is 0 Å². The van der Waals surface area contributed by atoms with E-state index in [-0.39, 0.29) is 22.3 Å². The van der Waals surface area contributed by atoms with Gasteiger partial charge in [-0.15, -0.1) is 12.8 Å². The van der Waals surface area contributed by atoms with Crippen LogP contribution in [0, 0.1) is 24.7 Å². The minimum Gasteiger partial charge on any atom is -0.478 e. The second-order valence-electron chi connectivity index (χ2n) is 8.49. The monoisotopic (exact) mass is 528 g/mol. The summed E-state index contributed by atoms with van der Waals surface area (Å²) in [4.78, 5) is 49.9. The maximum Gasteiger partial charge on any atom is 0.336 e. The van der Waals surface area contributed by atoms with Gasteiger partial charge < -0.3 is 20.8 Å². The van der Waals surface area contributed by atoms with Crippen LogP contribution in [-0.2, 0) is 0 Å². The van der Waals surface area contributed by atoms with Gasteiger partial charge in [-0.2, -0.15) is 0 Å². The fraction of sp³-hybridized carbons (Fsp3) is 0. The van der Waals surface area contributed by atoms with E-state index in [4.69, 9.17) is 12.8 Å². The Bertz CT molecular complexity index is 1780. The molecule has 0 saturated heterocycles. The van der Waals surface area contributed by atoms with Gasteiger partial charge in [0.2, 0.25) is 0 Å². The summed E-state index contributed by atoms with van der Waals surface area (Å²) in [5.74, 6) is 0.892. The summed E-state index contributed by atoms with van der Waals surface area (Å²) < 4.78 is 0. The molecule has 0 unspecified atom stereocenters. The Morgan fingerprint density at radius 3 is 1.48 bits per heavy atom. The summed E-state index contributed by atoms with van der Waals surface area (Å²) in [6, 6.07) is 21.2. The van der Waals surface area contributed by atoms with Crippen LogP contribution < -0.4 is 10.6 Å². The molecule has 0 aliphatic rings. The van der Waals surface area contributed by atoms with Gasteiger partial charge in [0.05, 0.1) is 22.3 Å². The standard InChI is InChI=1S/C32H20N2O6/c1-3-19-7-5-9-23(15-19)33-29(35)25-13-11-22(18-28(25)32(39)40)21-12-14-26(31(37)38)27(17-21)30(36)34-24-10-6-8-20(4-2)16-24/h1-2,5-18H,(H,33,35)(H,34,36)(H,37,38)(H,39,40). The predicted molar refractivity (Wildman–Crippen MR) is 150 cm³/mol. The van der Waals surface area contributed by atoms with Crippen LogP contribution in [0.25, 0.3) is 11.1 Å². The first-order chi connectivity index (χ1) is 19.2. The van der Waals surface area contributed by atoms with Crippen molar-refractivity contribution in [1.29, 1.82) is 0 Å². The highest BCUT2D eigenvalue weighted by Gasteiger charge is 2.21. The number of aromatic carboxylic acids is 2. The minimum atomic E-state index is -1.35. The second kappa shape index (κ2) is 11.5. The first-order valence-corrected chi connectivity index (χ1v) is 11.7. The highest BCUT2D eigenvalue weighted by atomic mass is 16.4. The molecule has 0 fully saturated rings. The Balaban J connectivity index is 1.69. The van der Waals surface area contributed by atoms with Crippen LogP contribution in [0.5, 0.6) is 0 Å². The molecule has 0 atom stereocenters. The third-order valence-corrected chi connectivity index (χ3v) is 5.90. The van der Waals surface area contributed by atoms with Gasteiger partial charge in [-0.3, -0.25) is 9.59 Å². The maximum absolute atomic E-state index is 13.1. The van der Waals surface area contributed by atoms with Gasteiger partial charge in [0, 0.05) is 22.5 Å². The van der Waals surface area contributed by atoms with Crippen LogP contribution in [0.15, 0.2) is 84.9 Å². The van der Waals surface area contributed by atoms with Gasteiger partial charge in [0.25, 0.3) is 11.8 Å². The Morgan fingerprint density at radius 1 is 0.550 bits per heavy atom. The highest BCUT2D eigenvalue weighted by molar-refractivity contribution is 6.13. The Hall–Kier alpha value is -6.12. The van der Waals surface area contributed by atoms with Crippen molar-refractivity contribution in [1.82, 2.24) is 0 Å². The van der Waals surface area contributed by atoms with Crippen molar-refractivity contribution in [3.8, 4) is 35.8 Å². The number of hydrogen-bond donors (Lipinski definition) is 4. The molecular weight excluding hydrogens is 508 g/mol. The molecule has 4 aromatic rings. The fourth-order valence-corrected chi connectivity index (χ4v) is 3.97. The normalized spacial score (nSPS) is 10.1. The van der Waals surface area contributed by atoms with Gasteiger partial charge in [-0.05, 0) is 71.8 Å². The molecule has 0 spiro atoms. The van der Waals surface area contributed by atoms with Crippen LogP contribution in [0.4, 0.5) is 11.4 Å². The third-order valence-electron chi connectivity index (χ3n) is 5.90. The largest absolute Gasteiger partial charge is 0.478 e. The lowest BCUT2D eigenvalue weighted by molar-refractivity contribution is 0.0683. The SMILES string of the molecule is C#Cc1cccc(NC(=O)c2ccc(-c3ccc(C(=O)O)c(C(=O)Nc4cccc(C#C)c4)c3)cc2C(=O)O)c1. The number of hydrogen-bond acceptors (Lipinski definition) is 4. The molecule has 2 amide bonds. The Morgan fingerprint density at radius 2 is 1.00 bits per heavy atom. The van der Waals surface area contributed by atoms with Gasteiger partial charge in [-0.25, -0.2) is 9.59 Å². The second-order valence-corrected chi connectivity index (χ2v) is 8.49. The van der Waals surface area contributed by atoms with E-state index >= 15 is 0 Å². The van der Waals surface area contributed by atoms with Crippen LogP contribution in [-0.4, -0.2) is 34.0 Å². The van der Waals surface area contributed by atoms with E-state index in [0.717, 1.165) is 0 Å². The van der Waals surface area contributed by atoms with E-state index in [2.05, 4.69) is 22.5 Å². The number of terminal acetylenes is 2. The zero-order valence-corrected chi connectivity index (χ0v) is 20.8. The lowest BCUT2D eigenvalue weighted by Gasteiger charge is -2.13. The molecule has 4 N–H and O–H groups in total. The molecule has 0 saturated carbocycles. The van der Waals surface area contributed by atoms with E-state index in [9.17, 15) is 29.4 Å². The number of carboxylic acid groups (broad SMARTS) is 2. The van der Waals surface area contributed by atoms with E-state index in [1.165, 1.54) is 36.4 Å². The lowest BCUT2D eigenvalue weighted by atomic mass is 9.95. The topological polar surface area (TPSA) is 133 Å².